The van der Waals surface area contributed by atoms with Crippen LogP contribution in [0.5, 0.6) is 11.5 Å². The van der Waals surface area contributed by atoms with Crippen LogP contribution in [-0.4, -0.2) is 33.2 Å². The molecular weight excluding hydrogens is 244 g/mol. The first-order valence-corrected chi connectivity index (χ1v) is 6.41. The molecule has 1 aliphatic heterocycles. The summed E-state index contributed by atoms with van der Waals surface area (Å²) in [5.41, 5.74) is 0.998. The number of benzene rings is 1. The van der Waals surface area contributed by atoms with Gasteiger partial charge in [0.15, 0.2) is 11.5 Å². The van der Waals surface area contributed by atoms with Crippen molar-refractivity contribution < 1.29 is 14.3 Å². The summed E-state index contributed by atoms with van der Waals surface area (Å²) in [6.45, 7) is 2.41. The highest BCUT2D eigenvalue weighted by Gasteiger charge is 2.19. The van der Waals surface area contributed by atoms with Crippen molar-refractivity contribution >= 4 is 5.91 Å². The van der Waals surface area contributed by atoms with Crippen LogP contribution in [0.1, 0.15) is 12.0 Å². The fraction of sp³-hybridized carbons (Fsp3) is 0.500. The first-order valence-electron chi connectivity index (χ1n) is 6.41. The van der Waals surface area contributed by atoms with Crippen LogP contribution >= 0.6 is 0 Å². The van der Waals surface area contributed by atoms with Gasteiger partial charge in [-0.1, -0.05) is 6.07 Å². The van der Waals surface area contributed by atoms with Crippen LogP contribution in [0.3, 0.4) is 0 Å². The molecule has 1 amide bonds. The highest BCUT2D eigenvalue weighted by atomic mass is 16.5. The predicted molar refractivity (Wildman–Crippen MR) is 72.4 cm³/mol. The maximum absolute atomic E-state index is 11.7. The van der Waals surface area contributed by atoms with Gasteiger partial charge in [-0.05, 0) is 36.7 Å². The van der Waals surface area contributed by atoms with Gasteiger partial charge in [0.05, 0.1) is 14.2 Å². The SMILES string of the molecule is COc1ccc(CNC(=O)CC2CNC2)cc1OC. The highest BCUT2D eigenvalue weighted by molar-refractivity contribution is 5.76. The minimum Gasteiger partial charge on any atom is -0.493 e. The zero-order valence-electron chi connectivity index (χ0n) is 11.4. The normalized spacial score (nSPS) is 14.6. The number of hydrogen-bond acceptors (Lipinski definition) is 4. The smallest absolute Gasteiger partial charge is 0.220 e. The Balaban J connectivity index is 1.86. The third kappa shape index (κ3) is 3.61. The van der Waals surface area contributed by atoms with Crippen molar-refractivity contribution in [2.75, 3.05) is 27.3 Å². The van der Waals surface area contributed by atoms with Gasteiger partial charge in [0.2, 0.25) is 5.91 Å². The third-order valence-electron chi connectivity index (χ3n) is 3.28. The van der Waals surface area contributed by atoms with Crippen LogP contribution < -0.4 is 20.1 Å². The van der Waals surface area contributed by atoms with E-state index in [2.05, 4.69) is 10.6 Å². The molecule has 0 radical (unpaired) electrons. The Morgan fingerprint density at radius 3 is 2.63 bits per heavy atom. The van der Waals surface area contributed by atoms with Gasteiger partial charge >= 0.3 is 0 Å². The lowest BCUT2D eigenvalue weighted by atomic mass is 9.99. The van der Waals surface area contributed by atoms with Crippen molar-refractivity contribution in [3.63, 3.8) is 0 Å². The molecule has 0 aromatic heterocycles. The molecule has 1 aromatic rings. The maximum Gasteiger partial charge on any atom is 0.220 e. The zero-order valence-corrected chi connectivity index (χ0v) is 11.4. The van der Waals surface area contributed by atoms with Crippen LogP contribution in [0.2, 0.25) is 0 Å². The van der Waals surface area contributed by atoms with Gasteiger partial charge in [0.1, 0.15) is 0 Å². The Kier molecular flexibility index (Phi) is 4.63. The van der Waals surface area contributed by atoms with E-state index < -0.39 is 0 Å². The Morgan fingerprint density at radius 2 is 2.05 bits per heavy atom. The summed E-state index contributed by atoms with van der Waals surface area (Å²) in [5, 5.41) is 6.08. The van der Waals surface area contributed by atoms with Gasteiger partial charge in [-0.2, -0.15) is 0 Å². The van der Waals surface area contributed by atoms with E-state index in [-0.39, 0.29) is 5.91 Å². The van der Waals surface area contributed by atoms with Crippen LogP contribution in [0.25, 0.3) is 0 Å². The monoisotopic (exact) mass is 264 g/mol. The topological polar surface area (TPSA) is 59.6 Å². The van der Waals surface area contributed by atoms with E-state index in [1.165, 1.54) is 0 Å². The molecule has 1 fully saturated rings. The van der Waals surface area contributed by atoms with Crippen molar-refractivity contribution in [3.05, 3.63) is 23.8 Å². The maximum atomic E-state index is 11.7. The number of amides is 1. The van der Waals surface area contributed by atoms with E-state index in [4.69, 9.17) is 9.47 Å². The van der Waals surface area contributed by atoms with E-state index in [0.717, 1.165) is 18.7 Å². The second kappa shape index (κ2) is 6.43. The molecule has 0 aliphatic carbocycles. The molecule has 5 heteroatoms. The molecule has 0 atom stereocenters. The first-order chi connectivity index (χ1) is 9.22. The lowest BCUT2D eigenvalue weighted by Crippen LogP contribution is -2.44. The Labute approximate surface area is 113 Å². The summed E-state index contributed by atoms with van der Waals surface area (Å²) in [5.74, 6) is 1.96. The number of hydrogen-bond donors (Lipinski definition) is 2. The summed E-state index contributed by atoms with van der Waals surface area (Å²) in [7, 11) is 3.20. The Hall–Kier alpha value is -1.75. The number of methoxy groups -OCH3 is 2. The van der Waals surface area contributed by atoms with E-state index in [0.29, 0.717) is 30.4 Å². The van der Waals surface area contributed by atoms with Crippen LogP contribution in [0.4, 0.5) is 0 Å². The predicted octanol–water partition coefficient (Wildman–Crippen LogP) is 0.929. The average Bonchev–Trinajstić information content (AvgIpc) is 2.40. The second-order valence-electron chi connectivity index (χ2n) is 4.69. The average molecular weight is 264 g/mol. The first kappa shape index (κ1) is 13.7. The van der Waals surface area contributed by atoms with Gasteiger partial charge in [0, 0.05) is 13.0 Å². The number of ether oxygens (including phenoxy) is 2. The van der Waals surface area contributed by atoms with Gasteiger partial charge in [-0.15, -0.1) is 0 Å². The summed E-state index contributed by atoms with van der Waals surface area (Å²) >= 11 is 0. The van der Waals surface area contributed by atoms with Crippen molar-refractivity contribution in [3.8, 4) is 11.5 Å². The molecule has 1 saturated heterocycles. The molecule has 0 saturated carbocycles. The van der Waals surface area contributed by atoms with Crippen molar-refractivity contribution in [2.24, 2.45) is 5.92 Å². The minimum absolute atomic E-state index is 0.0984. The molecule has 1 aromatic carbocycles. The van der Waals surface area contributed by atoms with Crippen molar-refractivity contribution in [1.82, 2.24) is 10.6 Å². The lowest BCUT2D eigenvalue weighted by Gasteiger charge is -2.26. The molecule has 104 valence electrons. The molecule has 1 aliphatic rings. The Morgan fingerprint density at radius 1 is 1.32 bits per heavy atom. The number of carbonyl (C=O) groups excluding carboxylic acids is 1. The van der Waals surface area contributed by atoms with Crippen LogP contribution in [0, 0.1) is 5.92 Å². The quantitative estimate of drug-likeness (QED) is 0.802. The van der Waals surface area contributed by atoms with E-state index in [1.54, 1.807) is 14.2 Å². The molecule has 0 unspecified atom stereocenters. The molecule has 2 N–H and O–H groups in total. The largest absolute Gasteiger partial charge is 0.493 e. The van der Waals surface area contributed by atoms with Gasteiger partial charge in [-0.25, -0.2) is 0 Å². The number of carbonyl (C=O) groups is 1. The zero-order chi connectivity index (χ0) is 13.7. The van der Waals surface area contributed by atoms with E-state index >= 15 is 0 Å². The highest BCUT2D eigenvalue weighted by Crippen LogP contribution is 2.27. The standard InChI is InChI=1S/C14H20N2O3/c1-18-12-4-3-10(5-13(12)19-2)9-16-14(17)6-11-7-15-8-11/h3-5,11,15H,6-9H2,1-2H3,(H,16,17). The Bertz CT molecular complexity index is 444. The fourth-order valence-corrected chi connectivity index (χ4v) is 2.02. The molecule has 1 heterocycles. The molecule has 0 spiro atoms. The number of nitrogens with one attached hydrogen (secondary N) is 2. The third-order valence-corrected chi connectivity index (χ3v) is 3.28. The van der Waals surface area contributed by atoms with Crippen molar-refractivity contribution in [2.45, 2.75) is 13.0 Å². The fourth-order valence-electron chi connectivity index (χ4n) is 2.02. The van der Waals surface area contributed by atoms with E-state index in [9.17, 15) is 4.79 Å². The lowest BCUT2D eigenvalue weighted by molar-refractivity contribution is -0.122. The van der Waals surface area contributed by atoms with Crippen LogP contribution in [0.15, 0.2) is 18.2 Å². The van der Waals surface area contributed by atoms with E-state index in [1.807, 2.05) is 18.2 Å². The minimum atomic E-state index is 0.0984. The summed E-state index contributed by atoms with van der Waals surface area (Å²) in [6, 6.07) is 5.65. The summed E-state index contributed by atoms with van der Waals surface area (Å²) in [6.07, 6.45) is 0.598. The molecule has 5 nitrogen and oxygen atoms in total. The van der Waals surface area contributed by atoms with Crippen molar-refractivity contribution in [1.29, 1.82) is 0 Å². The molecule has 0 bridgehead atoms. The van der Waals surface area contributed by atoms with Gasteiger partial charge in [-0.3, -0.25) is 4.79 Å². The molecule has 19 heavy (non-hydrogen) atoms. The van der Waals surface area contributed by atoms with Gasteiger partial charge < -0.3 is 20.1 Å². The summed E-state index contributed by atoms with van der Waals surface area (Å²) < 4.78 is 10.4. The molecular formula is C14H20N2O3. The van der Waals surface area contributed by atoms with Gasteiger partial charge in [0.25, 0.3) is 0 Å². The number of rotatable bonds is 6. The second-order valence-corrected chi connectivity index (χ2v) is 4.69. The summed E-state index contributed by atoms with van der Waals surface area (Å²) in [4.78, 5) is 11.7. The van der Waals surface area contributed by atoms with Crippen LogP contribution in [-0.2, 0) is 11.3 Å². The molecule has 2 rings (SSSR count).